The van der Waals surface area contributed by atoms with Gasteiger partial charge in [-0.25, -0.2) is 0 Å². The number of aryl methyl sites for hydroxylation is 2. The first-order valence-corrected chi connectivity index (χ1v) is 10.0. The van der Waals surface area contributed by atoms with E-state index in [2.05, 4.69) is 21.1 Å². The van der Waals surface area contributed by atoms with Crippen molar-refractivity contribution in [2.75, 3.05) is 10.6 Å². The number of piperidine rings is 1. The Kier molecular flexibility index (Phi) is 5.27. The molecule has 1 aliphatic heterocycles. The van der Waals surface area contributed by atoms with Crippen LogP contribution in [0.25, 0.3) is 11.1 Å². The van der Waals surface area contributed by atoms with E-state index in [4.69, 9.17) is 4.52 Å². The van der Waals surface area contributed by atoms with Gasteiger partial charge in [0.15, 0.2) is 0 Å². The average molecular weight is 398 g/mol. The fraction of sp³-hybridized carbons (Fsp3) is 0.476. The first-order valence-electron chi connectivity index (χ1n) is 10.0. The van der Waals surface area contributed by atoms with Gasteiger partial charge < -0.3 is 25.6 Å². The lowest BCUT2D eigenvalue weighted by atomic mass is 9.89. The third-order valence-corrected chi connectivity index (χ3v) is 5.62. The second-order valence-electron chi connectivity index (χ2n) is 7.93. The summed E-state index contributed by atoms with van der Waals surface area (Å²) in [5.41, 5.74) is 3.99. The number of aliphatic hydroxyl groups is 1. The predicted octanol–water partition coefficient (Wildman–Crippen LogP) is 2.50. The molecule has 4 rings (SSSR count). The molecule has 4 N–H and O–H groups in total. The van der Waals surface area contributed by atoms with Crippen molar-refractivity contribution in [1.82, 2.24) is 10.5 Å². The molecular weight excluding hydrogens is 372 g/mol. The smallest absolute Gasteiger partial charge is 0.247 e. The zero-order chi connectivity index (χ0) is 20.5. The fourth-order valence-corrected chi connectivity index (χ4v) is 3.97. The summed E-state index contributed by atoms with van der Waals surface area (Å²) in [7, 11) is 0. The number of hydrogen-bond acceptors (Lipinski definition) is 6. The van der Waals surface area contributed by atoms with Gasteiger partial charge in [0.2, 0.25) is 11.8 Å². The molecule has 2 aliphatic rings. The number of aliphatic hydroxyl groups excluding tert-OH is 1. The van der Waals surface area contributed by atoms with Crippen molar-refractivity contribution < 1.29 is 19.2 Å². The van der Waals surface area contributed by atoms with Crippen LogP contribution < -0.4 is 16.0 Å². The lowest BCUT2D eigenvalue weighted by Gasteiger charge is -2.33. The van der Waals surface area contributed by atoms with Crippen molar-refractivity contribution in [3.63, 3.8) is 0 Å². The largest absolute Gasteiger partial charge is 0.393 e. The van der Waals surface area contributed by atoms with Crippen molar-refractivity contribution in [2.45, 2.75) is 64.1 Å². The summed E-state index contributed by atoms with van der Waals surface area (Å²) >= 11 is 0. The molecule has 2 aromatic rings. The van der Waals surface area contributed by atoms with Crippen LogP contribution in [0.15, 0.2) is 22.7 Å². The molecule has 0 unspecified atom stereocenters. The zero-order valence-corrected chi connectivity index (χ0v) is 16.6. The standard InChI is InChI=1S/C21H26N4O4/c1-11-20(12(2)29-25-11)13-6-7-16(22-14-9-15(26)10-14)18(8-13)24-21(28)17-4-3-5-19(27)23-17/h6-8,14-15,17,22,26H,3-5,9-10H2,1-2H3,(H,23,27)(H,24,28)/t14?,15?,17-/m0/s1. The van der Waals surface area contributed by atoms with Crippen molar-refractivity contribution in [3.8, 4) is 11.1 Å². The lowest BCUT2D eigenvalue weighted by molar-refractivity contribution is -0.128. The number of hydrogen-bond donors (Lipinski definition) is 4. The molecule has 154 valence electrons. The highest BCUT2D eigenvalue weighted by molar-refractivity contribution is 6.00. The molecule has 2 heterocycles. The first-order chi connectivity index (χ1) is 13.9. The van der Waals surface area contributed by atoms with Gasteiger partial charge in [-0.2, -0.15) is 0 Å². The van der Waals surface area contributed by atoms with E-state index in [0.717, 1.165) is 22.5 Å². The third-order valence-electron chi connectivity index (χ3n) is 5.62. The summed E-state index contributed by atoms with van der Waals surface area (Å²) in [6.07, 6.45) is 2.87. The number of carbonyl (C=O) groups excluding carboxylic acids is 2. The quantitative estimate of drug-likeness (QED) is 0.615. The Balaban J connectivity index is 1.61. The summed E-state index contributed by atoms with van der Waals surface area (Å²) in [6.45, 7) is 3.73. The van der Waals surface area contributed by atoms with Crippen LogP contribution in [0.5, 0.6) is 0 Å². The van der Waals surface area contributed by atoms with Crippen LogP contribution >= 0.6 is 0 Å². The summed E-state index contributed by atoms with van der Waals surface area (Å²) in [5, 5.41) is 22.7. The van der Waals surface area contributed by atoms with Crippen molar-refractivity contribution in [2.24, 2.45) is 0 Å². The number of aromatic nitrogens is 1. The van der Waals surface area contributed by atoms with Crippen LogP contribution in [0.2, 0.25) is 0 Å². The maximum Gasteiger partial charge on any atom is 0.247 e. The second kappa shape index (κ2) is 7.87. The molecule has 0 spiro atoms. The van der Waals surface area contributed by atoms with Gasteiger partial charge >= 0.3 is 0 Å². The van der Waals surface area contributed by atoms with E-state index in [1.54, 1.807) is 0 Å². The molecule has 2 fully saturated rings. The highest BCUT2D eigenvalue weighted by Crippen LogP contribution is 2.35. The number of rotatable bonds is 5. The monoisotopic (exact) mass is 398 g/mol. The van der Waals surface area contributed by atoms with E-state index >= 15 is 0 Å². The lowest BCUT2D eigenvalue weighted by Crippen LogP contribution is -2.46. The van der Waals surface area contributed by atoms with Gasteiger partial charge in [-0.05, 0) is 57.2 Å². The number of nitrogens with zero attached hydrogens (tertiary/aromatic N) is 1. The van der Waals surface area contributed by atoms with Crippen molar-refractivity contribution in [3.05, 3.63) is 29.7 Å². The molecule has 1 saturated carbocycles. The predicted molar refractivity (Wildman–Crippen MR) is 108 cm³/mol. The minimum absolute atomic E-state index is 0.0947. The van der Waals surface area contributed by atoms with E-state index in [9.17, 15) is 14.7 Å². The Morgan fingerprint density at radius 1 is 1.28 bits per heavy atom. The summed E-state index contributed by atoms with van der Waals surface area (Å²) in [4.78, 5) is 24.5. The Hall–Kier alpha value is -2.87. The zero-order valence-electron chi connectivity index (χ0n) is 16.6. The Morgan fingerprint density at radius 3 is 2.72 bits per heavy atom. The molecule has 1 atom stereocenters. The van der Waals surface area contributed by atoms with Gasteiger partial charge in [0, 0.05) is 18.0 Å². The SMILES string of the molecule is Cc1noc(C)c1-c1ccc(NC2CC(O)C2)c(NC(=O)[C@@H]2CCCC(=O)N2)c1. The van der Waals surface area contributed by atoms with Gasteiger partial charge in [-0.1, -0.05) is 11.2 Å². The van der Waals surface area contributed by atoms with Crippen LogP contribution in [-0.4, -0.2) is 40.3 Å². The van der Waals surface area contributed by atoms with Crippen LogP contribution in [0.1, 0.15) is 43.6 Å². The Labute approximate surface area is 169 Å². The molecule has 1 saturated heterocycles. The fourth-order valence-electron chi connectivity index (χ4n) is 3.97. The van der Waals surface area contributed by atoms with Crippen LogP contribution in [0, 0.1) is 13.8 Å². The van der Waals surface area contributed by atoms with Crippen LogP contribution in [0.4, 0.5) is 11.4 Å². The molecule has 1 aromatic carbocycles. The van der Waals surface area contributed by atoms with Crippen LogP contribution in [0.3, 0.4) is 0 Å². The minimum atomic E-state index is -0.530. The summed E-state index contributed by atoms with van der Waals surface area (Å²) in [6, 6.07) is 5.41. The molecular formula is C21H26N4O4. The summed E-state index contributed by atoms with van der Waals surface area (Å²) < 4.78 is 5.28. The topological polar surface area (TPSA) is 116 Å². The Morgan fingerprint density at radius 2 is 2.07 bits per heavy atom. The van der Waals surface area contributed by atoms with E-state index in [1.165, 1.54) is 0 Å². The maximum absolute atomic E-state index is 12.8. The average Bonchev–Trinajstić information content (AvgIpc) is 3.00. The summed E-state index contributed by atoms with van der Waals surface area (Å²) in [5.74, 6) is 0.385. The molecule has 1 aliphatic carbocycles. The number of carbonyl (C=O) groups is 2. The van der Waals surface area contributed by atoms with Crippen molar-refractivity contribution >= 4 is 23.2 Å². The third kappa shape index (κ3) is 4.12. The number of amides is 2. The molecule has 29 heavy (non-hydrogen) atoms. The van der Waals surface area contributed by atoms with Crippen LogP contribution in [-0.2, 0) is 9.59 Å². The van der Waals surface area contributed by atoms with Crippen molar-refractivity contribution in [1.29, 1.82) is 0 Å². The minimum Gasteiger partial charge on any atom is -0.393 e. The number of benzene rings is 1. The molecule has 0 radical (unpaired) electrons. The van der Waals surface area contributed by atoms with E-state index in [0.29, 0.717) is 43.6 Å². The van der Waals surface area contributed by atoms with Gasteiger partial charge in [0.05, 0.1) is 23.2 Å². The van der Waals surface area contributed by atoms with Gasteiger partial charge in [0.1, 0.15) is 11.8 Å². The van der Waals surface area contributed by atoms with E-state index < -0.39 is 6.04 Å². The number of nitrogens with one attached hydrogen (secondary N) is 3. The number of anilines is 2. The van der Waals surface area contributed by atoms with Gasteiger partial charge in [0.25, 0.3) is 0 Å². The first kappa shape index (κ1) is 19.4. The molecule has 0 bridgehead atoms. The normalized spacial score (nSPS) is 23.8. The maximum atomic E-state index is 12.8. The van der Waals surface area contributed by atoms with Gasteiger partial charge in [-0.15, -0.1) is 0 Å². The molecule has 2 amide bonds. The van der Waals surface area contributed by atoms with Gasteiger partial charge in [-0.3, -0.25) is 9.59 Å². The molecule has 1 aromatic heterocycles. The molecule has 8 heteroatoms. The molecule has 8 nitrogen and oxygen atoms in total. The van der Waals surface area contributed by atoms with E-state index in [-0.39, 0.29) is 24.0 Å². The Bertz CT molecular complexity index is 913. The second-order valence-corrected chi connectivity index (χ2v) is 7.93. The van der Waals surface area contributed by atoms with E-state index in [1.807, 2.05) is 32.0 Å². The highest BCUT2D eigenvalue weighted by atomic mass is 16.5. The highest BCUT2D eigenvalue weighted by Gasteiger charge is 2.29.